The topological polar surface area (TPSA) is 44.0 Å². The highest BCUT2D eigenvalue weighted by Gasteiger charge is 1.98. The van der Waals surface area contributed by atoms with Gasteiger partial charge >= 0.3 is 0 Å². The molecule has 13 heavy (non-hydrogen) atoms. The maximum Gasteiger partial charge on any atom is 0.0991 e. The van der Waals surface area contributed by atoms with Gasteiger partial charge in [0.25, 0.3) is 0 Å². The molecule has 1 rings (SSSR count). The van der Waals surface area contributed by atoms with Crippen molar-refractivity contribution in [3.05, 3.63) is 35.4 Å². The minimum atomic E-state index is -0.272. The fraction of sp³-hybridized carbons (Fsp3) is 0.364. The van der Waals surface area contributed by atoms with Crippen molar-refractivity contribution in [2.24, 2.45) is 0 Å². The average molecular weight is 175 g/mol. The van der Waals surface area contributed by atoms with Gasteiger partial charge in [0.1, 0.15) is 0 Å². The highest BCUT2D eigenvalue weighted by atomic mass is 16.3. The number of aliphatic hydroxyl groups is 1. The summed E-state index contributed by atoms with van der Waals surface area (Å²) in [5.74, 6) is 0. The third-order valence-electron chi connectivity index (χ3n) is 1.91. The van der Waals surface area contributed by atoms with E-state index < -0.39 is 0 Å². The Morgan fingerprint density at radius 3 is 2.92 bits per heavy atom. The molecule has 1 aromatic rings. The number of benzene rings is 1. The van der Waals surface area contributed by atoms with Crippen LogP contribution < -0.4 is 0 Å². The van der Waals surface area contributed by atoms with Crippen LogP contribution in [0.1, 0.15) is 24.5 Å². The SMILES string of the molecule is C[C@H](O)CCc1cccc(C#N)c1. The predicted octanol–water partition coefficient (Wildman–Crippen LogP) is 1.87. The van der Waals surface area contributed by atoms with Crippen LogP contribution >= 0.6 is 0 Å². The second kappa shape index (κ2) is 4.64. The third-order valence-corrected chi connectivity index (χ3v) is 1.91. The Labute approximate surface area is 78.4 Å². The summed E-state index contributed by atoms with van der Waals surface area (Å²) in [5, 5.41) is 17.7. The van der Waals surface area contributed by atoms with Gasteiger partial charge < -0.3 is 5.11 Å². The van der Waals surface area contributed by atoms with Crippen LogP contribution in [0.3, 0.4) is 0 Å². The van der Waals surface area contributed by atoms with Crippen molar-refractivity contribution in [1.29, 1.82) is 5.26 Å². The van der Waals surface area contributed by atoms with Crippen molar-refractivity contribution in [2.45, 2.75) is 25.9 Å². The van der Waals surface area contributed by atoms with Crippen LogP contribution in [-0.4, -0.2) is 11.2 Å². The standard InChI is InChI=1S/C11H13NO/c1-9(13)5-6-10-3-2-4-11(7-10)8-12/h2-4,7,9,13H,5-6H2,1H3/t9-/m0/s1. The summed E-state index contributed by atoms with van der Waals surface area (Å²) >= 11 is 0. The van der Waals surface area contributed by atoms with Gasteiger partial charge in [0, 0.05) is 0 Å². The van der Waals surface area contributed by atoms with E-state index in [0.717, 1.165) is 18.4 Å². The van der Waals surface area contributed by atoms with E-state index in [1.54, 1.807) is 13.0 Å². The van der Waals surface area contributed by atoms with Crippen molar-refractivity contribution in [1.82, 2.24) is 0 Å². The number of hydrogen-bond donors (Lipinski definition) is 1. The van der Waals surface area contributed by atoms with E-state index >= 15 is 0 Å². The van der Waals surface area contributed by atoms with Crippen molar-refractivity contribution in [3.8, 4) is 6.07 Å². The molecular formula is C11H13NO. The molecule has 1 N–H and O–H groups in total. The Morgan fingerprint density at radius 1 is 1.54 bits per heavy atom. The van der Waals surface area contributed by atoms with E-state index in [1.165, 1.54) is 0 Å². The van der Waals surface area contributed by atoms with E-state index in [9.17, 15) is 0 Å². The van der Waals surface area contributed by atoms with E-state index in [1.807, 2.05) is 18.2 Å². The molecule has 1 atom stereocenters. The molecule has 2 nitrogen and oxygen atoms in total. The Morgan fingerprint density at radius 2 is 2.31 bits per heavy atom. The molecule has 0 aliphatic heterocycles. The lowest BCUT2D eigenvalue weighted by molar-refractivity contribution is 0.185. The maximum atomic E-state index is 9.08. The van der Waals surface area contributed by atoms with E-state index in [4.69, 9.17) is 10.4 Å². The highest BCUT2D eigenvalue weighted by molar-refractivity contribution is 5.32. The van der Waals surface area contributed by atoms with Crippen LogP contribution in [0.2, 0.25) is 0 Å². The third kappa shape index (κ3) is 3.27. The molecule has 0 spiro atoms. The smallest absolute Gasteiger partial charge is 0.0991 e. The quantitative estimate of drug-likeness (QED) is 0.762. The van der Waals surface area contributed by atoms with Crippen LogP contribution in [0, 0.1) is 11.3 Å². The number of aryl methyl sites for hydroxylation is 1. The lowest BCUT2D eigenvalue weighted by Gasteiger charge is -2.03. The fourth-order valence-electron chi connectivity index (χ4n) is 1.17. The van der Waals surface area contributed by atoms with E-state index in [0.29, 0.717) is 5.56 Å². The van der Waals surface area contributed by atoms with Crippen molar-refractivity contribution in [2.75, 3.05) is 0 Å². The zero-order valence-corrected chi connectivity index (χ0v) is 7.70. The largest absolute Gasteiger partial charge is 0.393 e. The molecule has 68 valence electrons. The molecule has 0 saturated carbocycles. The van der Waals surface area contributed by atoms with Gasteiger partial charge in [-0.2, -0.15) is 5.26 Å². The lowest BCUT2D eigenvalue weighted by Crippen LogP contribution is -2.01. The molecule has 0 aliphatic rings. The summed E-state index contributed by atoms with van der Waals surface area (Å²) in [6, 6.07) is 9.59. The van der Waals surface area contributed by atoms with E-state index in [2.05, 4.69) is 6.07 Å². The van der Waals surface area contributed by atoms with Gasteiger partial charge in [-0.15, -0.1) is 0 Å². The number of aliphatic hydroxyl groups excluding tert-OH is 1. The Bertz CT molecular complexity index is 312. The molecule has 1 aromatic carbocycles. The van der Waals surface area contributed by atoms with Gasteiger partial charge in [-0.1, -0.05) is 12.1 Å². The van der Waals surface area contributed by atoms with Crippen molar-refractivity contribution < 1.29 is 5.11 Å². The summed E-state index contributed by atoms with van der Waals surface area (Å²) in [6.45, 7) is 1.77. The van der Waals surface area contributed by atoms with Crippen molar-refractivity contribution in [3.63, 3.8) is 0 Å². The predicted molar refractivity (Wildman–Crippen MR) is 51.2 cm³/mol. The number of rotatable bonds is 3. The van der Waals surface area contributed by atoms with Gasteiger partial charge in [-0.05, 0) is 37.5 Å². The molecule has 0 aromatic heterocycles. The molecule has 0 saturated heterocycles. The molecule has 0 aliphatic carbocycles. The van der Waals surface area contributed by atoms with Gasteiger partial charge in [0.15, 0.2) is 0 Å². The van der Waals surface area contributed by atoms with Gasteiger partial charge in [-0.25, -0.2) is 0 Å². The molecule has 2 heteroatoms. The van der Waals surface area contributed by atoms with Crippen LogP contribution in [0.4, 0.5) is 0 Å². The summed E-state index contributed by atoms with van der Waals surface area (Å²) in [4.78, 5) is 0. The Kier molecular flexibility index (Phi) is 3.48. The van der Waals surface area contributed by atoms with Crippen LogP contribution in [0.25, 0.3) is 0 Å². The maximum absolute atomic E-state index is 9.08. The second-order valence-corrected chi connectivity index (χ2v) is 3.20. The molecule has 0 unspecified atom stereocenters. The monoisotopic (exact) mass is 175 g/mol. The van der Waals surface area contributed by atoms with Crippen molar-refractivity contribution >= 4 is 0 Å². The van der Waals surface area contributed by atoms with Gasteiger partial charge in [0.2, 0.25) is 0 Å². The van der Waals surface area contributed by atoms with Crippen LogP contribution in [-0.2, 0) is 6.42 Å². The normalized spacial score (nSPS) is 12.1. The number of nitriles is 1. The zero-order chi connectivity index (χ0) is 9.68. The Balaban J connectivity index is 2.63. The molecule has 0 radical (unpaired) electrons. The first-order valence-electron chi connectivity index (χ1n) is 4.39. The van der Waals surface area contributed by atoms with E-state index in [-0.39, 0.29) is 6.10 Å². The zero-order valence-electron chi connectivity index (χ0n) is 7.70. The van der Waals surface area contributed by atoms with Crippen LogP contribution in [0.5, 0.6) is 0 Å². The Hall–Kier alpha value is -1.33. The first-order valence-corrected chi connectivity index (χ1v) is 4.39. The minimum Gasteiger partial charge on any atom is -0.393 e. The summed E-state index contributed by atoms with van der Waals surface area (Å²) in [6.07, 6.45) is 1.30. The molecule has 0 fully saturated rings. The average Bonchev–Trinajstić information content (AvgIpc) is 2.15. The number of hydrogen-bond acceptors (Lipinski definition) is 2. The lowest BCUT2D eigenvalue weighted by atomic mass is 10.1. The summed E-state index contributed by atoms with van der Waals surface area (Å²) < 4.78 is 0. The fourth-order valence-corrected chi connectivity index (χ4v) is 1.17. The number of nitrogens with zero attached hydrogens (tertiary/aromatic N) is 1. The molecule has 0 amide bonds. The van der Waals surface area contributed by atoms with Gasteiger partial charge in [0.05, 0.1) is 17.7 Å². The van der Waals surface area contributed by atoms with Gasteiger partial charge in [-0.3, -0.25) is 0 Å². The first kappa shape index (κ1) is 9.76. The first-order chi connectivity index (χ1) is 6.22. The summed E-state index contributed by atoms with van der Waals surface area (Å²) in [5.41, 5.74) is 1.79. The summed E-state index contributed by atoms with van der Waals surface area (Å²) in [7, 11) is 0. The minimum absolute atomic E-state index is 0.272. The molecular weight excluding hydrogens is 162 g/mol. The highest BCUT2D eigenvalue weighted by Crippen LogP contribution is 2.07. The second-order valence-electron chi connectivity index (χ2n) is 3.20. The molecule has 0 heterocycles. The van der Waals surface area contributed by atoms with Crippen LogP contribution in [0.15, 0.2) is 24.3 Å². The molecule has 0 bridgehead atoms.